The van der Waals surface area contributed by atoms with E-state index in [9.17, 15) is 13.8 Å². The molecule has 0 aromatic carbocycles. The molecule has 0 aromatic heterocycles. The molecule has 1 fully saturated rings. The summed E-state index contributed by atoms with van der Waals surface area (Å²) in [6.07, 6.45) is 2.68. The van der Waals surface area contributed by atoms with Gasteiger partial charge in [-0.15, -0.1) is 0 Å². The quantitative estimate of drug-likeness (QED) is 0.800. The highest BCUT2D eigenvalue weighted by molar-refractivity contribution is 7.84. The Kier molecular flexibility index (Phi) is 4.90. The lowest BCUT2D eigenvalue weighted by Crippen LogP contribution is -2.54. The van der Waals surface area contributed by atoms with Crippen LogP contribution in [0.1, 0.15) is 33.6 Å². The van der Waals surface area contributed by atoms with E-state index in [0.717, 1.165) is 0 Å². The Morgan fingerprint density at radius 2 is 2.06 bits per heavy atom. The topological polar surface area (TPSA) is 66.5 Å². The normalized spacial score (nSPS) is 23.2. The molecule has 1 heterocycles. The summed E-state index contributed by atoms with van der Waals surface area (Å²) >= 11 is 0. The van der Waals surface area contributed by atoms with Gasteiger partial charge in [-0.1, -0.05) is 0 Å². The summed E-state index contributed by atoms with van der Waals surface area (Å²) in [6, 6.07) is 0.00775. The van der Waals surface area contributed by atoms with E-state index in [0.29, 0.717) is 25.1 Å². The smallest absolute Gasteiger partial charge is 0.247 e. The van der Waals surface area contributed by atoms with Crippen molar-refractivity contribution >= 4 is 22.6 Å². The molecular formula is C12H22N2O3S. The molecule has 0 aromatic rings. The van der Waals surface area contributed by atoms with Gasteiger partial charge in [-0.2, -0.15) is 0 Å². The summed E-state index contributed by atoms with van der Waals surface area (Å²) in [7, 11) is -0.853. The van der Waals surface area contributed by atoms with Gasteiger partial charge in [0, 0.05) is 41.8 Å². The largest absolute Gasteiger partial charge is 0.342 e. The van der Waals surface area contributed by atoms with Crippen LogP contribution >= 0.6 is 0 Å². The van der Waals surface area contributed by atoms with Gasteiger partial charge in [0.05, 0.1) is 0 Å². The molecule has 18 heavy (non-hydrogen) atoms. The summed E-state index contributed by atoms with van der Waals surface area (Å²) < 4.78 is 11.1. The number of amides is 2. The van der Waals surface area contributed by atoms with Crippen LogP contribution in [0.15, 0.2) is 0 Å². The fraction of sp³-hybridized carbons (Fsp3) is 0.833. The van der Waals surface area contributed by atoms with E-state index >= 15 is 0 Å². The number of nitrogens with zero attached hydrogens (tertiary/aromatic N) is 1. The molecule has 2 atom stereocenters. The predicted octanol–water partition coefficient (Wildman–Crippen LogP) is 0.271. The van der Waals surface area contributed by atoms with Gasteiger partial charge in [0.1, 0.15) is 5.54 Å². The van der Waals surface area contributed by atoms with Crippen molar-refractivity contribution in [2.45, 2.75) is 45.2 Å². The van der Waals surface area contributed by atoms with Crippen molar-refractivity contribution in [1.82, 2.24) is 10.2 Å². The summed E-state index contributed by atoms with van der Waals surface area (Å²) in [5, 5.41) is 2.73. The first-order valence-electron chi connectivity index (χ1n) is 6.16. The molecule has 1 aliphatic heterocycles. The first-order valence-corrected chi connectivity index (χ1v) is 7.89. The van der Waals surface area contributed by atoms with Gasteiger partial charge in [0.15, 0.2) is 0 Å². The Morgan fingerprint density at radius 1 is 1.44 bits per heavy atom. The number of nitrogens with one attached hydrogen (secondary N) is 1. The second-order valence-electron chi connectivity index (χ2n) is 5.34. The van der Waals surface area contributed by atoms with E-state index in [2.05, 4.69) is 5.32 Å². The molecule has 0 aliphatic carbocycles. The molecule has 0 saturated carbocycles. The van der Waals surface area contributed by atoms with Crippen LogP contribution in [0.4, 0.5) is 0 Å². The molecule has 0 bridgehead atoms. The second kappa shape index (κ2) is 5.82. The first kappa shape index (κ1) is 15.1. The number of hydrogen-bond donors (Lipinski definition) is 1. The monoisotopic (exact) mass is 274 g/mol. The zero-order valence-corrected chi connectivity index (χ0v) is 12.3. The minimum Gasteiger partial charge on any atom is -0.342 e. The summed E-state index contributed by atoms with van der Waals surface area (Å²) in [6.45, 7) is 5.81. The van der Waals surface area contributed by atoms with Crippen molar-refractivity contribution in [3.05, 3.63) is 0 Å². The van der Waals surface area contributed by atoms with Gasteiger partial charge in [0.2, 0.25) is 11.8 Å². The lowest BCUT2D eigenvalue weighted by atomic mass is 10.0. The average Bonchev–Trinajstić information content (AvgIpc) is 2.34. The Hall–Kier alpha value is -0.910. The summed E-state index contributed by atoms with van der Waals surface area (Å²) in [5.41, 5.74) is -0.854. The number of carbonyl (C=O) groups is 2. The molecule has 6 heteroatoms. The van der Waals surface area contributed by atoms with E-state index in [1.54, 1.807) is 25.0 Å². The van der Waals surface area contributed by atoms with Crippen molar-refractivity contribution < 1.29 is 13.8 Å². The van der Waals surface area contributed by atoms with E-state index in [-0.39, 0.29) is 17.9 Å². The summed E-state index contributed by atoms with van der Waals surface area (Å²) in [5.74, 6) is 0.414. The molecule has 1 N–H and O–H groups in total. The highest BCUT2D eigenvalue weighted by Gasteiger charge is 2.38. The maximum atomic E-state index is 12.3. The molecule has 0 radical (unpaired) electrons. The highest BCUT2D eigenvalue weighted by atomic mass is 32.2. The van der Waals surface area contributed by atoms with Crippen LogP contribution in [0.3, 0.4) is 0 Å². The van der Waals surface area contributed by atoms with E-state index in [1.807, 2.05) is 6.92 Å². The molecule has 1 aliphatic rings. The van der Waals surface area contributed by atoms with Crippen LogP contribution in [0, 0.1) is 0 Å². The van der Waals surface area contributed by atoms with Gasteiger partial charge in [-0.05, 0) is 27.2 Å². The van der Waals surface area contributed by atoms with Crippen molar-refractivity contribution in [2.24, 2.45) is 0 Å². The minimum absolute atomic E-state index is 0.00775. The van der Waals surface area contributed by atoms with E-state index in [1.165, 1.54) is 0 Å². The van der Waals surface area contributed by atoms with Gasteiger partial charge in [0.25, 0.3) is 0 Å². The van der Waals surface area contributed by atoms with Crippen LogP contribution in [-0.2, 0) is 20.4 Å². The first-order chi connectivity index (χ1) is 8.24. The maximum Gasteiger partial charge on any atom is 0.247 e. The van der Waals surface area contributed by atoms with Crippen molar-refractivity contribution in [1.29, 1.82) is 0 Å². The third kappa shape index (κ3) is 3.80. The zero-order chi connectivity index (χ0) is 13.9. The third-order valence-corrected chi connectivity index (χ3v) is 3.99. The van der Waals surface area contributed by atoms with Crippen molar-refractivity contribution in [3.8, 4) is 0 Å². The minimum atomic E-state index is -0.854. The van der Waals surface area contributed by atoms with Crippen LogP contribution in [0.2, 0.25) is 0 Å². The second-order valence-corrected chi connectivity index (χ2v) is 6.89. The number of rotatable bonds is 4. The molecular weight excluding hydrogens is 252 g/mol. The molecule has 2 unspecified atom stereocenters. The van der Waals surface area contributed by atoms with Crippen LogP contribution in [-0.4, -0.2) is 51.1 Å². The van der Waals surface area contributed by atoms with E-state index in [4.69, 9.17) is 0 Å². The van der Waals surface area contributed by atoms with Crippen LogP contribution < -0.4 is 5.32 Å². The lowest BCUT2D eigenvalue weighted by molar-refractivity contribution is -0.139. The molecule has 1 rings (SSSR count). The Bertz CT molecular complexity index is 368. The molecule has 0 spiro atoms. The van der Waals surface area contributed by atoms with Crippen molar-refractivity contribution in [3.63, 3.8) is 0 Å². The van der Waals surface area contributed by atoms with Gasteiger partial charge < -0.3 is 10.2 Å². The van der Waals surface area contributed by atoms with Gasteiger partial charge in [-0.25, -0.2) is 0 Å². The number of carbonyl (C=O) groups excluding carboxylic acids is 2. The average molecular weight is 274 g/mol. The maximum absolute atomic E-state index is 12.3. The summed E-state index contributed by atoms with van der Waals surface area (Å²) in [4.78, 5) is 25.6. The third-order valence-electron chi connectivity index (χ3n) is 3.18. The number of hydrogen-bond acceptors (Lipinski definition) is 3. The van der Waals surface area contributed by atoms with Gasteiger partial charge >= 0.3 is 0 Å². The fourth-order valence-electron chi connectivity index (χ4n) is 2.06. The van der Waals surface area contributed by atoms with Gasteiger partial charge in [-0.3, -0.25) is 13.8 Å². The SMILES string of the molecule is CC(CCS(C)=O)N1CCC(=O)NC(C)(C)C1=O. The predicted molar refractivity (Wildman–Crippen MR) is 71.6 cm³/mol. The molecule has 1 saturated heterocycles. The highest BCUT2D eigenvalue weighted by Crippen LogP contribution is 2.17. The standard InChI is InChI=1S/C12H22N2O3S/c1-9(6-8-18(4)17)14-7-5-10(15)13-12(2,3)11(14)16/h9H,5-8H2,1-4H3,(H,13,15). The van der Waals surface area contributed by atoms with Crippen molar-refractivity contribution in [2.75, 3.05) is 18.6 Å². The lowest BCUT2D eigenvalue weighted by Gasteiger charge is -2.33. The van der Waals surface area contributed by atoms with Crippen LogP contribution in [0.25, 0.3) is 0 Å². The molecule has 5 nitrogen and oxygen atoms in total. The van der Waals surface area contributed by atoms with Crippen LogP contribution in [0.5, 0.6) is 0 Å². The Labute approximate surface area is 111 Å². The fourth-order valence-corrected chi connectivity index (χ4v) is 2.73. The molecule has 104 valence electrons. The van der Waals surface area contributed by atoms with E-state index < -0.39 is 16.3 Å². The zero-order valence-electron chi connectivity index (χ0n) is 11.5. The Balaban J connectivity index is 2.76. The molecule has 2 amide bonds. The Morgan fingerprint density at radius 3 is 2.61 bits per heavy atom.